The first-order valence-electron chi connectivity index (χ1n) is 9.96. The van der Waals surface area contributed by atoms with Crippen LogP contribution in [-0.4, -0.2) is 35.2 Å². The maximum atomic E-state index is 12.9. The number of amides is 1. The first-order valence-corrected chi connectivity index (χ1v) is 9.96. The normalized spacial score (nSPS) is 30.5. The van der Waals surface area contributed by atoms with E-state index < -0.39 is 16.9 Å². The third-order valence-corrected chi connectivity index (χ3v) is 6.79. The summed E-state index contributed by atoms with van der Waals surface area (Å²) < 4.78 is 5.67. The molecule has 0 aromatic heterocycles. The van der Waals surface area contributed by atoms with Crippen LogP contribution in [-0.2, 0) is 14.3 Å². The second kappa shape index (κ2) is 6.59. The van der Waals surface area contributed by atoms with E-state index in [-0.39, 0.29) is 23.8 Å². The molecule has 2 aromatic carbocycles. The SMILES string of the molecule is CCOC1CC(NC(=O)C2CC2c2ccc3ccccc3c2)(C(=O)O)C1(C)C. The lowest BCUT2D eigenvalue weighted by atomic mass is 9.54. The van der Waals surface area contributed by atoms with Gasteiger partial charge in [-0.1, -0.05) is 56.3 Å². The van der Waals surface area contributed by atoms with Crippen LogP contribution < -0.4 is 5.32 Å². The first-order chi connectivity index (χ1) is 13.3. The van der Waals surface area contributed by atoms with Crippen molar-refractivity contribution < 1.29 is 19.4 Å². The van der Waals surface area contributed by atoms with Gasteiger partial charge in [-0.25, -0.2) is 4.79 Å². The molecule has 0 bridgehead atoms. The first kappa shape index (κ1) is 18.9. The monoisotopic (exact) mass is 381 g/mol. The van der Waals surface area contributed by atoms with Gasteiger partial charge in [0, 0.05) is 24.4 Å². The second-order valence-corrected chi connectivity index (χ2v) is 8.62. The van der Waals surface area contributed by atoms with Crippen molar-refractivity contribution in [1.82, 2.24) is 5.32 Å². The van der Waals surface area contributed by atoms with Crippen molar-refractivity contribution in [3.05, 3.63) is 48.0 Å². The van der Waals surface area contributed by atoms with E-state index in [1.165, 1.54) is 5.39 Å². The molecule has 5 heteroatoms. The van der Waals surface area contributed by atoms with E-state index in [4.69, 9.17) is 4.74 Å². The Morgan fingerprint density at radius 1 is 1.18 bits per heavy atom. The molecule has 148 valence electrons. The Morgan fingerprint density at radius 2 is 1.89 bits per heavy atom. The number of carboxylic acids is 1. The molecule has 28 heavy (non-hydrogen) atoms. The highest BCUT2D eigenvalue weighted by molar-refractivity contribution is 5.92. The molecule has 1 amide bonds. The van der Waals surface area contributed by atoms with Crippen molar-refractivity contribution in [1.29, 1.82) is 0 Å². The number of rotatable bonds is 6. The summed E-state index contributed by atoms with van der Waals surface area (Å²) in [5.41, 5.74) is -0.776. The molecule has 2 aliphatic carbocycles. The van der Waals surface area contributed by atoms with Crippen LogP contribution in [0.2, 0.25) is 0 Å². The van der Waals surface area contributed by atoms with E-state index in [0.717, 1.165) is 17.4 Å². The standard InChI is InChI=1S/C23H27NO4/c1-4-28-19-13-23(21(26)27,22(19,2)3)24-20(25)18-12-17(18)16-10-9-14-7-5-6-8-15(14)11-16/h5-11,17-19H,4,12-13H2,1-3H3,(H,24,25)(H,26,27). The van der Waals surface area contributed by atoms with Crippen molar-refractivity contribution >= 4 is 22.6 Å². The van der Waals surface area contributed by atoms with Crippen LogP contribution in [0, 0.1) is 11.3 Å². The van der Waals surface area contributed by atoms with Gasteiger partial charge in [-0.15, -0.1) is 0 Å². The summed E-state index contributed by atoms with van der Waals surface area (Å²) in [4.78, 5) is 25.0. The fraction of sp³-hybridized carbons (Fsp3) is 0.478. The summed E-state index contributed by atoms with van der Waals surface area (Å²) in [6.45, 7) is 6.15. The van der Waals surface area contributed by atoms with Gasteiger partial charge in [-0.05, 0) is 35.6 Å². The van der Waals surface area contributed by atoms with Crippen molar-refractivity contribution in [3.63, 3.8) is 0 Å². The van der Waals surface area contributed by atoms with Crippen molar-refractivity contribution in [3.8, 4) is 0 Å². The molecule has 4 unspecified atom stereocenters. The average molecular weight is 381 g/mol. The van der Waals surface area contributed by atoms with Crippen LogP contribution in [0.5, 0.6) is 0 Å². The number of carbonyl (C=O) groups excluding carboxylic acids is 1. The number of benzene rings is 2. The zero-order chi connectivity index (χ0) is 20.1. The molecule has 0 saturated heterocycles. The molecule has 0 radical (unpaired) electrons. The largest absolute Gasteiger partial charge is 0.479 e. The Hall–Kier alpha value is -2.40. The van der Waals surface area contributed by atoms with E-state index in [0.29, 0.717) is 13.0 Å². The Labute approximate surface area is 165 Å². The van der Waals surface area contributed by atoms with Gasteiger partial charge < -0.3 is 15.2 Å². The fourth-order valence-electron chi connectivity index (χ4n) is 4.63. The van der Waals surface area contributed by atoms with Gasteiger partial charge in [0.1, 0.15) is 5.54 Å². The molecule has 2 saturated carbocycles. The molecule has 0 spiro atoms. The number of hydrogen-bond acceptors (Lipinski definition) is 3. The highest BCUT2D eigenvalue weighted by Gasteiger charge is 2.67. The summed E-state index contributed by atoms with van der Waals surface area (Å²) in [5.74, 6) is -1.16. The van der Waals surface area contributed by atoms with E-state index in [2.05, 4.69) is 35.6 Å². The molecule has 2 aliphatic rings. The molecule has 2 fully saturated rings. The maximum Gasteiger partial charge on any atom is 0.330 e. The third kappa shape index (κ3) is 2.80. The smallest absolute Gasteiger partial charge is 0.330 e. The number of fused-ring (bicyclic) bond motifs is 1. The van der Waals surface area contributed by atoms with Crippen LogP contribution in [0.15, 0.2) is 42.5 Å². The van der Waals surface area contributed by atoms with Gasteiger partial charge >= 0.3 is 5.97 Å². The Morgan fingerprint density at radius 3 is 2.54 bits per heavy atom. The molecular formula is C23H27NO4. The van der Waals surface area contributed by atoms with Crippen LogP contribution in [0.25, 0.3) is 10.8 Å². The highest BCUT2D eigenvalue weighted by atomic mass is 16.5. The Balaban J connectivity index is 1.48. The molecule has 5 nitrogen and oxygen atoms in total. The zero-order valence-electron chi connectivity index (χ0n) is 16.6. The van der Waals surface area contributed by atoms with Gasteiger partial charge in [0.2, 0.25) is 5.91 Å². The average Bonchev–Trinajstić information content (AvgIpc) is 3.47. The summed E-state index contributed by atoms with van der Waals surface area (Å²) in [6.07, 6.45) is 0.904. The minimum absolute atomic E-state index is 0.154. The van der Waals surface area contributed by atoms with E-state index in [1.807, 2.05) is 32.9 Å². The zero-order valence-corrected chi connectivity index (χ0v) is 16.6. The minimum atomic E-state index is -1.26. The molecule has 0 aliphatic heterocycles. The third-order valence-electron chi connectivity index (χ3n) is 6.79. The number of carbonyl (C=O) groups is 2. The lowest BCUT2D eigenvalue weighted by molar-refractivity contribution is -0.194. The Bertz CT molecular complexity index is 937. The van der Waals surface area contributed by atoms with Gasteiger partial charge in [0.15, 0.2) is 0 Å². The molecule has 0 heterocycles. The lowest BCUT2D eigenvalue weighted by Crippen LogP contribution is -2.76. The molecule has 4 rings (SSSR count). The van der Waals surface area contributed by atoms with Gasteiger partial charge in [0.05, 0.1) is 6.10 Å². The highest BCUT2D eigenvalue weighted by Crippen LogP contribution is 2.53. The minimum Gasteiger partial charge on any atom is -0.479 e. The maximum absolute atomic E-state index is 12.9. The van der Waals surface area contributed by atoms with Crippen LogP contribution in [0.4, 0.5) is 0 Å². The van der Waals surface area contributed by atoms with Crippen molar-refractivity contribution in [2.75, 3.05) is 6.61 Å². The second-order valence-electron chi connectivity index (χ2n) is 8.62. The topological polar surface area (TPSA) is 75.6 Å². The molecule has 4 atom stereocenters. The van der Waals surface area contributed by atoms with Crippen LogP contribution in [0.3, 0.4) is 0 Å². The van der Waals surface area contributed by atoms with E-state index in [1.54, 1.807) is 0 Å². The van der Waals surface area contributed by atoms with Crippen molar-refractivity contribution in [2.24, 2.45) is 11.3 Å². The van der Waals surface area contributed by atoms with E-state index >= 15 is 0 Å². The number of carboxylic acid groups (broad SMARTS) is 1. The molecular weight excluding hydrogens is 354 g/mol. The number of aliphatic carboxylic acids is 1. The lowest BCUT2D eigenvalue weighted by Gasteiger charge is -2.58. The van der Waals surface area contributed by atoms with Crippen molar-refractivity contribution in [2.45, 2.75) is 51.2 Å². The number of nitrogens with one attached hydrogen (secondary N) is 1. The fourth-order valence-corrected chi connectivity index (χ4v) is 4.63. The Kier molecular flexibility index (Phi) is 4.46. The van der Waals surface area contributed by atoms with Crippen LogP contribution >= 0.6 is 0 Å². The predicted octanol–water partition coefficient (Wildman–Crippen LogP) is 3.72. The number of ether oxygens (including phenoxy) is 1. The van der Waals surface area contributed by atoms with Gasteiger partial charge in [0.25, 0.3) is 0 Å². The summed E-state index contributed by atoms with van der Waals surface area (Å²) >= 11 is 0. The summed E-state index contributed by atoms with van der Waals surface area (Å²) in [6, 6.07) is 14.5. The molecule has 2 aromatic rings. The summed E-state index contributed by atoms with van der Waals surface area (Å²) in [5, 5.41) is 15.1. The predicted molar refractivity (Wildman–Crippen MR) is 107 cm³/mol. The molecule has 2 N–H and O–H groups in total. The van der Waals surface area contributed by atoms with Gasteiger partial charge in [-0.2, -0.15) is 0 Å². The van der Waals surface area contributed by atoms with E-state index in [9.17, 15) is 14.7 Å². The summed E-state index contributed by atoms with van der Waals surface area (Å²) in [7, 11) is 0. The van der Waals surface area contributed by atoms with Gasteiger partial charge in [-0.3, -0.25) is 4.79 Å². The van der Waals surface area contributed by atoms with Crippen LogP contribution in [0.1, 0.15) is 45.1 Å². The number of hydrogen-bond donors (Lipinski definition) is 2. The quantitative estimate of drug-likeness (QED) is 0.800.